The van der Waals surface area contributed by atoms with Crippen molar-refractivity contribution in [2.24, 2.45) is 16.6 Å². The fraction of sp³-hybridized carbons (Fsp3) is 0.562. The van der Waals surface area contributed by atoms with E-state index in [1.54, 1.807) is 0 Å². The molecule has 1 atom stereocenters. The summed E-state index contributed by atoms with van der Waals surface area (Å²) in [5.74, 6) is 1.25. The van der Waals surface area contributed by atoms with Gasteiger partial charge in [-0.05, 0) is 42.9 Å². The summed E-state index contributed by atoms with van der Waals surface area (Å²) in [5, 5.41) is 0. The Morgan fingerprint density at radius 3 is 2.76 bits per heavy atom. The lowest BCUT2D eigenvalue weighted by Gasteiger charge is -2.19. The maximum atomic E-state index is 6.05. The molecule has 2 rings (SSSR count). The highest BCUT2D eigenvalue weighted by atomic mass is 127. The minimum atomic E-state index is 0. The summed E-state index contributed by atoms with van der Waals surface area (Å²) in [6.07, 6.45) is 4.68. The van der Waals surface area contributed by atoms with Crippen LogP contribution in [0.3, 0.4) is 0 Å². The number of nitrogens with two attached hydrogens (primary N) is 1. The van der Waals surface area contributed by atoms with Gasteiger partial charge in [-0.1, -0.05) is 41.4 Å². The highest BCUT2D eigenvalue weighted by Crippen LogP contribution is 2.25. The number of hydrogen-bond donors (Lipinski definition) is 1. The van der Waals surface area contributed by atoms with Crippen molar-refractivity contribution in [1.82, 2.24) is 4.90 Å². The number of aliphatic imine (C=N–C) groups is 1. The summed E-state index contributed by atoms with van der Waals surface area (Å²) in [5.41, 5.74) is 7.40. The molecule has 0 bridgehead atoms. The second kappa shape index (κ2) is 8.98. The van der Waals surface area contributed by atoms with Crippen LogP contribution in [-0.2, 0) is 6.42 Å². The molecule has 1 aromatic rings. The number of guanidine groups is 1. The zero-order valence-electron chi connectivity index (χ0n) is 12.8. The van der Waals surface area contributed by atoms with Crippen LogP contribution >= 0.6 is 39.9 Å². The predicted molar refractivity (Wildman–Crippen MR) is 104 cm³/mol. The lowest BCUT2D eigenvalue weighted by atomic mass is 9.97. The van der Waals surface area contributed by atoms with Gasteiger partial charge in [0.25, 0.3) is 0 Å². The van der Waals surface area contributed by atoms with E-state index in [1.807, 2.05) is 7.05 Å². The van der Waals surface area contributed by atoms with Crippen LogP contribution in [0.15, 0.2) is 33.7 Å². The van der Waals surface area contributed by atoms with Gasteiger partial charge >= 0.3 is 0 Å². The van der Waals surface area contributed by atoms with E-state index in [1.165, 1.54) is 18.4 Å². The summed E-state index contributed by atoms with van der Waals surface area (Å²) < 4.78 is 1.14. The number of benzene rings is 1. The summed E-state index contributed by atoms with van der Waals surface area (Å²) in [6.45, 7) is 3.03. The molecule has 0 amide bonds. The summed E-state index contributed by atoms with van der Waals surface area (Å²) in [7, 11) is 2.05. The first-order chi connectivity index (χ1) is 9.60. The van der Waals surface area contributed by atoms with Crippen molar-refractivity contribution in [3.05, 3.63) is 34.3 Å². The monoisotopic (exact) mass is 465 g/mol. The molecule has 1 aromatic carbocycles. The minimum absolute atomic E-state index is 0. The van der Waals surface area contributed by atoms with Gasteiger partial charge in [0.15, 0.2) is 5.96 Å². The van der Waals surface area contributed by atoms with Crippen LogP contribution in [-0.4, -0.2) is 30.5 Å². The Bertz CT molecular complexity index is 474. The first kappa shape index (κ1) is 18.7. The maximum absolute atomic E-state index is 6.05. The predicted octanol–water partition coefficient (Wildman–Crippen LogP) is 4.04. The quantitative estimate of drug-likeness (QED) is 0.391. The summed E-state index contributed by atoms with van der Waals surface area (Å²) >= 11 is 3.52. The summed E-state index contributed by atoms with van der Waals surface area (Å²) in [4.78, 5) is 6.70. The molecule has 5 heteroatoms. The molecule has 0 aliphatic heterocycles. The van der Waals surface area contributed by atoms with E-state index in [9.17, 15) is 0 Å². The van der Waals surface area contributed by atoms with Crippen molar-refractivity contribution in [2.75, 3.05) is 13.6 Å². The standard InChI is InChI=1S/C16H24BrN3.HI/c1-3-12(9-13-5-4-6-14(17)10-13)11-19-16(18)20(2)15-7-8-15;/h4-6,10,12,15H,3,7-9,11H2,1-2H3,(H2,18,19);1H. The van der Waals surface area contributed by atoms with Crippen molar-refractivity contribution in [2.45, 2.75) is 38.6 Å². The summed E-state index contributed by atoms with van der Waals surface area (Å²) in [6, 6.07) is 9.14. The van der Waals surface area contributed by atoms with E-state index in [0.29, 0.717) is 17.9 Å². The molecule has 1 aliphatic carbocycles. The van der Waals surface area contributed by atoms with Gasteiger partial charge in [-0.15, -0.1) is 24.0 Å². The van der Waals surface area contributed by atoms with E-state index in [0.717, 1.165) is 23.9 Å². The van der Waals surface area contributed by atoms with Crippen LogP contribution in [0.1, 0.15) is 31.7 Å². The van der Waals surface area contributed by atoms with Gasteiger partial charge in [-0.3, -0.25) is 4.99 Å². The molecule has 0 heterocycles. The van der Waals surface area contributed by atoms with Crippen LogP contribution in [0, 0.1) is 5.92 Å². The van der Waals surface area contributed by atoms with Crippen molar-refractivity contribution in [3.63, 3.8) is 0 Å². The van der Waals surface area contributed by atoms with Crippen LogP contribution in [0.4, 0.5) is 0 Å². The highest BCUT2D eigenvalue weighted by Gasteiger charge is 2.27. The first-order valence-corrected chi connectivity index (χ1v) is 8.16. The largest absolute Gasteiger partial charge is 0.370 e. The second-order valence-corrected chi connectivity index (χ2v) is 6.56. The van der Waals surface area contributed by atoms with Gasteiger partial charge in [-0.2, -0.15) is 0 Å². The second-order valence-electron chi connectivity index (χ2n) is 5.65. The lowest BCUT2D eigenvalue weighted by molar-refractivity contribution is 0.474. The Kier molecular flexibility index (Phi) is 8.02. The fourth-order valence-corrected chi connectivity index (χ4v) is 2.76. The van der Waals surface area contributed by atoms with Gasteiger partial charge < -0.3 is 10.6 Å². The molecule has 3 nitrogen and oxygen atoms in total. The van der Waals surface area contributed by atoms with Gasteiger partial charge in [-0.25, -0.2) is 0 Å². The van der Waals surface area contributed by atoms with Crippen LogP contribution in [0.25, 0.3) is 0 Å². The van der Waals surface area contributed by atoms with Gasteiger partial charge in [0.05, 0.1) is 0 Å². The number of halogens is 2. The minimum Gasteiger partial charge on any atom is -0.370 e. The molecule has 1 fully saturated rings. The Hall–Kier alpha value is -0.300. The Labute approximate surface area is 153 Å². The van der Waals surface area contributed by atoms with Gasteiger partial charge in [0.1, 0.15) is 0 Å². The third-order valence-electron chi connectivity index (χ3n) is 3.96. The van der Waals surface area contributed by atoms with E-state index in [2.05, 4.69) is 57.0 Å². The topological polar surface area (TPSA) is 41.6 Å². The third-order valence-corrected chi connectivity index (χ3v) is 4.45. The van der Waals surface area contributed by atoms with Crippen molar-refractivity contribution in [1.29, 1.82) is 0 Å². The maximum Gasteiger partial charge on any atom is 0.191 e. The fourth-order valence-electron chi connectivity index (χ4n) is 2.32. The molecular formula is C16H25BrIN3. The molecule has 1 unspecified atom stereocenters. The molecular weight excluding hydrogens is 441 g/mol. The highest BCUT2D eigenvalue weighted by molar-refractivity contribution is 14.0. The zero-order valence-corrected chi connectivity index (χ0v) is 16.7. The smallest absolute Gasteiger partial charge is 0.191 e. The molecule has 0 saturated heterocycles. The van der Waals surface area contributed by atoms with E-state index >= 15 is 0 Å². The Balaban J connectivity index is 0.00000220. The molecule has 1 saturated carbocycles. The average molecular weight is 466 g/mol. The molecule has 2 N–H and O–H groups in total. The molecule has 118 valence electrons. The van der Waals surface area contributed by atoms with Gasteiger partial charge in [0, 0.05) is 24.1 Å². The first-order valence-electron chi connectivity index (χ1n) is 7.37. The Morgan fingerprint density at radius 1 is 1.48 bits per heavy atom. The molecule has 0 spiro atoms. The molecule has 0 radical (unpaired) electrons. The molecule has 21 heavy (non-hydrogen) atoms. The Morgan fingerprint density at radius 2 is 2.19 bits per heavy atom. The number of nitrogens with zero attached hydrogens (tertiary/aromatic N) is 2. The lowest BCUT2D eigenvalue weighted by Crippen LogP contribution is -2.36. The third kappa shape index (κ3) is 6.14. The number of rotatable bonds is 6. The van der Waals surface area contributed by atoms with Crippen molar-refractivity contribution < 1.29 is 0 Å². The van der Waals surface area contributed by atoms with Gasteiger partial charge in [0.2, 0.25) is 0 Å². The van der Waals surface area contributed by atoms with E-state index < -0.39 is 0 Å². The average Bonchev–Trinajstić information content (AvgIpc) is 3.26. The normalized spacial score (nSPS) is 16.2. The van der Waals surface area contributed by atoms with Crippen LogP contribution < -0.4 is 5.73 Å². The van der Waals surface area contributed by atoms with E-state index in [-0.39, 0.29) is 24.0 Å². The number of hydrogen-bond acceptors (Lipinski definition) is 1. The van der Waals surface area contributed by atoms with Crippen molar-refractivity contribution in [3.8, 4) is 0 Å². The zero-order chi connectivity index (χ0) is 14.5. The van der Waals surface area contributed by atoms with Crippen LogP contribution in [0.2, 0.25) is 0 Å². The molecule has 0 aromatic heterocycles. The van der Waals surface area contributed by atoms with Crippen LogP contribution in [0.5, 0.6) is 0 Å². The van der Waals surface area contributed by atoms with E-state index in [4.69, 9.17) is 5.73 Å². The van der Waals surface area contributed by atoms with Crippen molar-refractivity contribution >= 4 is 45.9 Å². The molecule has 1 aliphatic rings. The SMILES string of the molecule is CCC(CN=C(N)N(C)C1CC1)Cc1cccc(Br)c1.I.